The summed E-state index contributed by atoms with van der Waals surface area (Å²) in [7, 11) is -3.78. The molecule has 1 heterocycles. The maximum atomic E-state index is 12.1. The fraction of sp³-hybridized carbons (Fsp3) is 0.357. The van der Waals surface area contributed by atoms with Crippen molar-refractivity contribution in [3.8, 4) is 5.75 Å². The number of nitrogens with one attached hydrogen (secondary N) is 2. The molecule has 2 N–H and O–H groups in total. The van der Waals surface area contributed by atoms with Crippen LogP contribution in [0, 0.1) is 13.8 Å². The van der Waals surface area contributed by atoms with Gasteiger partial charge in [-0.3, -0.25) is 4.79 Å². The average Bonchev–Trinajstić information content (AvgIpc) is 2.96. The normalized spacial score (nSPS) is 11.3. The van der Waals surface area contributed by atoms with Crippen LogP contribution < -0.4 is 14.8 Å². The molecule has 0 aliphatic carbocycles. The molecular formula is C14H18N4O4S2. The Kier molecular flexibility index (Phi) is 5.86. The standard InChI is InChI=1S/C14H18N4O4S2/c1-9-5-4-6-12(10(9)2)22-8-7-15-24(20,21)14-18-17-13(23-14)16-11(3)19/h4-6,15H,7-8H2,1-3H3,(H,16,17,19). The van der Waals surface area contributed by atoms with E-state index in [9.17, 15) is 13.2 Å². The van der Waals surface area contributed by atoms with E-state index in [-0.39, 0.29) is 28.5 Å². The zero-order valence-electron chi connectivity index (χ0n) is 13.5. The summed E-state index contributed by atoms with van der Waals surface area (Å²) in [6, 6.07) is 5.70. The highest BCUT2D eigenvalue weighted by molar-refractivity contribution is 7.91. The number of amides is 1. The number of nitrogens with zero attached hydrogens (tertiary/aromatic N) is 2. The third-order valence-electron chi connectivity index (χ3n) is 3.13. The minimum Gasteiger partial charge on any atom is -0.492 e. The maximum Gasteiger partial charge on any atom is 0.269 e. The number of benzene rings is 1. The summed E-state index contributed by atoms with van der Waals surface area (Å²) in [6.07, 6.45) is 0. The van der Waals surface area contributed by atoms with E-state index in [1.165, 1.54) is 6.92 Å². The Balaban J connectivity index is 1.90. The lowest BCUT2D eigenvalue weighted by Gasteiger charge is -2.11. The van der Waals surface area contributed by atoms with Crippen molar-refractivity contribution in [2.75, 3.05) is 18.5 Å². The summed E-state index contributed by atoms with van der Waals surface area (Å²) in [5.74, 6) is 0.378. The smallest absolute Gasteiger partial charge is 0.269 e. The van der Waals surface area contributed by atoms with Crippen molar-refractivity contribution in [2.24, 2.45) is 0 Å². The lowest BCUT2D eigenvalue weighted by molar-refractivity contribution is -0.114. The molecular weight excluding hydrogens is 352 g/mol. The fourth-order valence-corrected chi connectivity index (χ4v) is 3.80. The quantitative estimate of drug-likeness (QED) is 0.564. The Morgan fingerprint density at radius 3 is 2.75 bits per heavy atom. The molecule has 24 heavy (non-hydrogen) atoms. The fourth-order valence-electron chi connectivity index (χ4n) is 1.80. The van der Waals surface area contributed by atoms with Crippen molar-refractivity contribution in [1.29, 1.82) is 0 Å². The van der Waals surface area contributed by atoms with Gasteiger partial charge in [0.15, 0.2) is 0 Å². The number of carbonyl (C=O) groups is 1. The van der Waals surface area contributed by atoms with E-state index in [0.717, 1.165) is 28.2 Å². The largest absolute Gasteiger partial charge is 0.492 e. The number of aryl methyl sites for hydroxylation is 1. The summed E-state index contributed by atoms with van der Waals surface area (Å²) in [6.45, 7) is 5.50. The highest BCUT2D eigenvalue weighted by atomic mass is 32.2. The predicted molar refractivity (Wildman–Crippen MR) is 90.8 cm³/mol. The van der Waals surface area contributed by atoms with Gasteiger partial charge in [0.25, 0.3) is 10.0 Å². The van der Waals surface area contributed by atoms with Crippen molar-refractivity contribution in [1.82, 2.24) is 14.9 Å². The van der Waals surface area contributed by atoms with Crippen molar-refractivity contribution < 1.29 is 17.9 Å². The number of anilines is 1. The molecule has 130 valence electrons. The monoisotopic (exact) mass is 370 g/mol. The first-order valence-corrected chi connectivity index (χ1v) is 9.39. The third-order valence-corrected chi connectivity index (χ3v) is 5.79. The summed E-state index contributed by atoms with van der Waals surface area (Å²) in [4.78, 5) is 10.9. The van der Waals surface area contributed by atoms with Gasteiger partial charge in [0, 0.05) is 13.5 Å². The third kappa shape index (κ3) is 4.73. The Morgan fingerprint density at radius 2 is 2.04 bits per heavy atom. The van der Waals surface area contributed by atoms with E-state index in [1.54, 1.807) is 0 Å². The summed E-state index contributed by atoms with van der Waals surface area (Å²) < 4.78 is 32.0. The second-order valence-corrected chi connectivity index (χ2v) is 7.92. The van der Waals surface area contributed by atoms with Gasteiger partial charge in [0.2, 0.25) is 15.4 Å². The average molecular weight is 370 g/mol. The molecule has 0 radical (unpaired) electrons. The van der Waals surface area contributed by atoms with Crippen LogP contribution >= 0.6 is 11.3 Å². The molecule has 0 saturated carbocycles. The lowest BCUT2D eigenvalue weighted by Crippen LogP contribution is -2.28. The van der Waals surface area contributed by atoms with E-state index >= 15 is 0 Å². The van der Waals surface area contributed by atoms with E-state index in [0.29, 0.717) is 0 Å². The molecule has 0 atom stereocenters. The molecule has 1 aromatic carbocycles. The van der Waals surface area contributed by atoms with E-state index in [2.05, 4.69) is 20.2 Å². The minimum absolute atomic E-state index is 0.0881. The molecule has 1 aromatic heterocycles. The van der Waals surface area contributed by atoms with Gasteiger partial charge in [0.1, 0.15) is 12.4 Å². The van der Waals surface area contributed by atoms with Crippen LogP contribution in [0.4, 0.5) is 5.13 Å². The molecule has 0 aliphatic heterocycles. The van der Waals surface area contributed by atoms with Crippen molar-refractivity contribution in [3.63, 3.8) is 0 Å². The zero-order valence-corrected chi connectivity index (χ0v) is 15.1. The maximum absolute atomic E-state index is 12.1. The van der Waals surface area contributed by atoms with Gasteiger partial charge in [-0.15, -0.1) is 10.2 Å². The second-order valence-electron chi connectivity index (χ2n) is 5.00. The Labute approximate surface area is 144 Å². The molecule has 0 unspecified atom stereocenters. The molecule has 2 aromatic rings. The van der Waals surface area contributed by atoms with E-state index in [1.807, 2.05) is 32.0 Å². The Hall–Kier alpha value is -2.04. The lowest BCUT2D eigenvalue weighted by atomic mass is 10.1. The van der Waals surface area contributed by atoms with Crippen LogP contribution in [0.5, 0.6) is 5.75 Å². The van der Waals surface area contributed by atoms with Crippen LogP contribution in [-0.2, 0) is 14.8 Å². The Morgan fingerprint density at radius 1 is 1.29 bits per heavy atom. The molecule has 8 nitrogen and oxygen atoms in total. The first-order chi connectivity index (χ1) is 11.3. The summed E-state index contributed by atoms with van der Waals surface area (Å²) >= 11 is 0.782. The number of carbonyl (C=O) groups excluding carboxylic acids is 1. The second kappa shape index (κ2) is 7.69. The molecule has 1 amide bonds. The van der Waals surface area contributed by atoms with Crippen LogP contribution in [-0.4, -0.2) is 37.7 Å². The van der Waals surface area contributed by atoms with Gasteiger partial charge in [0.05, 0.1) is 0 Å². The highest BCUT2D eigenvalue weighted by Crippen LogP contribution is 2.21. The SMILES string of the molecule is CC(=O)Nc1nnc(S(=O)(=O)NCCOc2cccc(C)c2C)s1. The van der Waals surface area contributed by atoms with Gasteiger partial charge in [-0.05, 0) is 31.0 Å². The molecule has 0 saturated heterocycles. The van der Waals surface area contributed by atoms with Gasteiger partial charge in [-0.2, -0.15) is 0 Å². The molecule has 0 fully saturated rings. The van der Waals surface area contributed by atoms with E-state index in [4.69, 9.17) is 4.74 Å². The molecule has 2 rings (SSSR count). The van der Waals surface area contributed by atoms with Crippen LogP contribution in [0.1, 0.15) is 18.1 Å². The van der Waals surface area contributed by atoms with Crippen LogP contribution in [0.15, 0.2) is 22.5 Å². The van der Waals surface area contributed by atoms with Gasteiger partial charge in [-0.1, -0.05) is 23.5 Å². The van der Waals surface area contributed by atoms with Crippen LogP contribution in [0.3, 0.4) is 0 Å². The molecule has 10 heteroatoms. The topological polar surface area (TPSA) is 110 Å². The number of hydrogen-bond acceptors (Lipinski definition) is 7. The Bertz CT molecular complexity index is 833. The van der Waals surface area contributed by atoms with Gasteiger partial charge in [-0.25, -0.2) is 13.1 Å². The number of hydrogen-bond donors (Lipinski definition) is 2. The number of rotatable bonds is 7. The van der Waals surface area contributed by atoms with Gasteiger partial charge < -0.3 is 10.1 Å². The molecule has 0 spiro atoms. The molecule has 0 bridgehead atoms. The van der Waals surface area contributed by atoms with Crippen molar-refractivity contribution in [2.45, 2.75) is 25.1 Å². The molecule has 0 aliphatic rings. The number of ether oxygens (including phenoxy) is 1. The first kappa shape index (κ1) is 18.3. The van der Waals surface area contributed by atoms with Crippen LogP contribution in [0.2, 0.25) is 0 Å². The zero-order chi connectivity index (χ0) is 17.7. The van der Waals surface area contributed by atoms with Crippen molar-refractivity contribution in [3.05, 3.63) is 29.3 Å². The van der Waals surface area contributed by atoms with Crippen molar-refractivity contribution >= 4 is 32.4 Å². The highest BCUT2D eigenvalue weighted by Gasteiger charge is 2.20. The van der Waals surface area contributed by atoms with E-state index < -0.39 is 10.0 Å². The summed E-state index contributed by atoms with van der Waals surface area (Å²) in [5, 5.41) is 9.69. The first-order valence-electron chi connectivity index (χ1n) is 7.09. The summed E-state index contributed by atoms with van der Waals surface area (Å²) in [5.41, 5.74) is 2.12. The van der Waals surface area contributed by atoms with Crippen LogP contribution in [0.25, 0.3) is 0 Å². The van der Waals surface area contributed by atoms with Gasteiger partial charge >= 0.3 is 0 Å². The number of sulfonamides is 1. The number of aromatic nitrogens is 2. The predicted octanol–water partition coefficient (Wildman–Crippen LogP) is 1.47. The minimum atomic E-state index is -3.78.